The first kappa shape index (κ1) is 12.7. The van der Waals surface area contributed by atoms with E-state index in [-0.39, 0.29) is 17.7 Å². The smallest absolute Gasteiger partial charge is 0.285 e. The lowest BCUT2D eigenvalue weighted by Crippen LogP contribution is -2.38. The minimum Gasteiger partial charge on any atom is -0.356 e. The number of hydrogen-bond acceptors (Lipinski definition) is 5. The molecule has 0 aliphatic carbocycles. The second kappa shape index (κ2) is 4.97. The second-order valence-electron chi connectivity index (χ2n) is 4.67. The molecule has 0 radical (unpaired) electrons. The lowest BCUT2D eigenvalue weighted by atomic mass is 10.2. The van der Waals surface area contributed by atoms with E-state index in [1.165, 1.54) is 21.3 Å². The Balaban J connectivity index is 2.01. The van der Waals surface area contributed by atoms with Crippen LogP contribution in [0.1, 0.15) is 25.5 Å². The van der Waals surface area contributed by atoms with Gasteiger partial charge in [-0.1, -0.05) is 0 Å². The van der Waals surface area contributed by atoms with E-state index in [9.17, 15) is 9.59 Å². The summed E-state index contributed by atoms with van der Waals surface area (Å²) in [6.45, 7) is 0.668. The summed E-state index contributed by atoms with van der Waals surface area (Å²) < 4.78 is 7.01. The Morgan fingerprint density at radius 2 is 2.26 bits per heavy atom. The molecular formula is C12H15N3O3S. The van der Waals surface area contributed by atoms with Gasteiger partial charge in [-0.3, -0.25) is 9.59 Å². The summed E-state index contributed by atoms with van der Waals surface area (Å²) in [5, 5.41) is 4.17. The maximum atomic E-state index is 12.4. The fourth-order valence-electron chi connectivity index (χ4n) is 2.30. The predicted molar refractivity (Wildman–Crippen MR) is 71.5 cm³/mol. The Labute approximate surface area is 114 Å². The van der Waals surface area contributed by atoms with Crippen LogP contribution in [-0.2, 0) is 9.53 Å². The molecule has 1 aromatic heterocycles. The van der Waals surface area contributed by atoms with Gasteiger partial charge in [0, 0.05) is 13.7 Å². The fraction of sp³-hybridized carbons (Fsp3) is 0.583. The Hall–Kier alpha value is -1.34. The molecule has 2 aliphatic heterocycles. The zero-order valence-electron chi connectivity index (χ0n) is 10.7. The van der Waals surface area contributed by atoms with Gasteiger partial charge in [0.15, 0.2) is 6.23 Å². The van der Waals surface area contributed by atoms with Gasteiger partial charge in [0.05, 0.1) is 17.6 Å². The maximum absolute atomic E-state index is 12.4. The van der Waals surface area contributed by atoms with Crippen molar-refractivity contribution in [3.05, 3.63) is 16.6 Å². The molecule has 2 aliphatic rings. The highest BCUT2D eigenvalue weighted by Gasteiger charge is 2.27. The zero-order valence-corrected chi connectivity index (χ0v) is 11.5. The van der Waals surface area contributed by atoms with Crippen LogP contribution in [0.25, 0.3) is 0 Å². The Morgan fingerprint density at radius 3 is 3.00 bits per heavy atom. The molecule has 1 fully saturated rings. The topological polar surface area (TPSA) is 64.4 Å². The van der Waals surface area contributed by atoms with E-state index in [0.717, 1.165) is 19.3 Å². The average Bonchev–Trinajstić information content (AvgIpc) is 2.44. The van der Waals surface area contributed by atoms with Gasteiger partial charge < -0.3 is 9.64 Å². The summed E-state index contributed by atoms with van der Waals surface area (Å²) in [6.07, 6.45) is 4.20. The van der Waals surface area contributed by atoms with Crippen molar-refractivity contribution >= 4 is 23.4 Å². The van der Waals surface area contributed by atoms with Crippen molar-refractivity contribution in [3.8, 4) is 0 Å². The summed E-state index contributed by atoms with van der Waals surface area (Å²) in [5.41, 5.74) is 0.437. The van der Waals surface area contributed by atoms with Gasteiger partial charge in [-0.2, -0.15) is 9.78 Å². The molecule has 102 valence electrons. The highest BCUT2D eigenvalue weighted by molar-refractivity contribution is 8.00. The van der Waals surface area contributed by atoms with E-state index >= 15 is 0 Å². The van der Waals surface area contributed by atoms with Crippen molar-refractivity contribution in [1.82, 2.24) is 9.78 Å². The third kappa shape index (κ3) is 2.17. The normalized spacial score (nSPS) is 23.3. The summed E-state index contributed by atoms with van der Waals surface area (Å²) in [4.78, 5) is 26.1. The van der Waals surface area contributed by atoms with E-state index in [2.05, 4.69) is 5.10 Å². The molecule has 7 heteroatoms. The summed E-state index contributed by atoms with van der Waals surface area (Å²) in [6, 6.07) is 0. The molecule has 19 heavy (non-hydrogen) atoms. The SMILES string of the molecule is CN1C(=O)CSc2c1cnn(C1CCCCO1)c2=O. The summed E-state index contributed by atoms with van der Waals surface area (Å²) in [7, 11) is 1.67. The van der Waals surface area contributed by atoms with Crippen LogP contribution in [0.5, 0.6) is 0 Å². The molecular weight excluding hydrogens is 266 g/mol. The monoisotopic (exact) mass is 281 g/mol. The van der Waals surface area contributed by atoms with E-state index in [1.807, 2.05) is 0 Å². The third-order valence-corrected chi connectivity index (χ3v) is 4.51. The molecule has 1 atom stereocenters. The van der Waals surface area contributed by atoms with Crippen molar-refractivity contribution in [2.24, 2.45) is 0 Å². The predicted octanol–water partition coefficient (Wildman–Crippen LogP) is 1.01. The number of rotatable bonds is 1. The molecule has 6 nitrogen and oxygen atoms in total. The highest BCUT2D eigenvalue weighted by Crippen LogP contribution is 2.31. The molecule has 1 saturated heterocycles. The lowest BCUT2D eigenvalue weighted by molar-refractivity contribution is -0.116. The van der Waals surface area contributed by atoms with Gasteiger partial charge in [0.1, 0.15) is 4.90 Å². The Bertz CT molecular complexity index is 566. The van der Waals surface area contributed by atoms with Gasteiger partial charge in [-0.25, -0.2) is 0 Å². The standard InChI is InChI=1S/C12H15N3O3S/c1-14-8-6-13-15(10-4-2-3-5-18-10)12(17)11(8)19-7-9(14)16/h6,10H,2-5,7H2,1H3. The quantitative estimate of drug-likeness (QED) is 0.768. The molecule has 1 amide bonds. The van der Waals surface area contributed by atoms with Gasteiger partial charge in [-0.05, 0) is 19.3 Å². The zero-order chi connectivity index (χ0) is 13.4. The van der Waals surface area contributed by atoms with Crippen LogP contribution in [0.2, 0.25) is 0 Å². The third-order valence-electron chi connectivity index (χ3n) is 3.44. The fourth-order valence-corrected chi connectivity index (χ4v) is 3.32. The number of hydrogen-bond donors (Lipinski definition) is 0. The van der Waals surface area contributed by atoms with Gasteiger partial charge in [-0.15, -0.1) is 11.8 Å². The number of carbonyl (C=O) groups is 1. The van der Waals surface area contributed by atoms with Crippen molar-refractivity contribution in [3.63, 3.8) is 0 Å². The van der Waals surface area contributed by atoms with Crippen molar-refractivity contribution in [2.75, 3.05) is 24.3 Å². The van der Waals surface area contributed by atoms with Gasteiger partial charge in [0.25, 0.3) is 5.56 Å². The molecule has 3 rings (SSSR count). The highest BCUT2D eigenvalue weighted by atomic mass is 32.2. The molecule has 1 aromatic rings. The summed E-state index contributed by atoms with van der Waals surface area (Å²) in [5.74, 6) is 0.291. The van der Waals surface area contributed by atoms with E-state index in [1.54, 1.807) is 13.2 Å². The average molecular weight is 281 g/mol. The molecule has 1 unspecified atom stereocenters. The van der Waals surface area contributed by atoms with Gasteiger partial charge >= 0.3 is 0 Å². The van der Waals surface area contributed by atoms with Crippen molar-refractivity contribution < 1.29 is 9.53 Å². The second-order valence-corrected chi connectivity index (χ2v) is 5.66. The van der Waals surface area contributed by atoms with Crippen LogP contribution in [-0.4, -0.2) is 35.1 Å². The number of fused-ring (bicyclic) bond motifs is 1. The molecule has 0 bridgehead atoms. The first-order chi connectivity index (χ1) is 9.18. The molecule has 0 N–H and O–H groups in total. The molecule has 0 spiro atoms. The van der Waals surface area contributed by atoms with E-state index in [4.69, 9.17) is 4.74 Å². The minimum atomic E-state index is -0.268. The molecule has 0 aromatic carbocycles. The van der Waals surface area contributed by atoms with Crippen LogP contribution in [0.3, 0.4) is 0 Å². The lowest BCUT2D eigenvalue weighted by Gasteiger charge is -2.27. The number of nitrogens with zero attached hydrogens (tertiary/aromatic N) is 3. The Kier molecular flexibility index (Phi) is 3.32. The first-order valence-electron chi connectivity index (χ1n) is 6.31. The number of amides is 1. The number of thioether (sulfide) groups is 1. The molecule has 3 heterocycles. The van der Waals surface area contributed by atoms with E-state index < -0.39 is 0 Å². The largest absolute Gasteiger partial charge is 0.356 e. The van der Waals surface area contributed by atoms with Crippen LogP contribution in [0, 0.1) is 0 Å². The maximum Gasteiger partial charge on any atom is 0.285 e. The van der Waals surface area contributed by atoms with Crippen LogP contribution >= 0.6 is 11.8 Å². The first-order valence-corrected chi connectivity index (χ1v) is 7.30. The van der Waals surface area contributed by atoms with Crippen LogP contribution in [0.4, 0.5) is 5.69 Å². The summed E-state index contributed by atoms with van der Waals surface area (Å²) >= 11 is 1.29. The molecule has 0 saturated carbocycles. The minimum absolute atomic E-state index is 0.00892. The Morgan fingerprint density at radius 1 is 1.42 bits per heavy atom. The van der Waals surface area contributed by atoms with Crippen molar-refractivity contribution in [1.29, 1.82) is 0 Å². The van der Waals surface area contributed by atoms with Crippen LogP contribution < -0.4 is 10.5 Å². The van der Waals surface area contributed by atoms with Gasteiger partial charge in [0.2, 0.25) is 5.91 Å². The number of anilines is 1. The number of ether oxygens (including phenoxy) is 1. The number of carbonyl (C=O) groups excluding carboxylic acids is 1. The van der Waals surface area contributed by atoms with E-state index in [0.29, 0.717) is 22.9 Å². The van der Waals surface area contributed by atoms with Crippen molar-refractivity contribution in [2.45, 2.75) is 30.4 Å². The van der Waals surface area contributed by atoms with Crippen LogP contribution in [0.15, 0.2) is 15.9 Å². The number of aromatic nitrogens is 2.